The Morgan fingerprint density at radius 3 is 2.78 bits per heavy atom. The van der Waals surface area contributed by atoms with E-state index < -0.39 is 12.6 Å². The van der Waals surface area contributed by atoms with Gasteiger partial charge in [-0.1, -0.05) is 12.1 Å². The number of carbonyl (C=O) groups excluding carboxylic acids is 1. The summed E-state index contributed by atoms with van der Waals surface area (Å²) in [5, 5.41) is 13.4. The summed E-state index contributed by atoms with van der Waals surface area (Å²) in [6.45, 7) is -2.70. The van der Waals surface area contributed by atoms with Crippen LogP contribution in [0.1, 0.15) is 6.42 Å². The number of halogens is 2. The van der Waals surface area contributed by atoms with Crippen molar-refractivity contribution >= 4 is 11.7 Å². The van der Waals surface area contributed by atoms with Gasteiger partial charge < -0.3 is 20.5 Å². The Morgan fingerprint density at radius 1 is 1.39 bits per heavy atom. The average molecular weight is 260 g/mol. The topological polar surface area (TPSA) is 70.6 Å². The van der Waals surface area contributed by atoms with Gasteiger partial charge in [-0.15, -0.1) is 0 Å². The second-order valence-electron chi connectivity index (χ2n) is 3.33. The maximum absolute atomic E-state index is 12.1. The third-order valence-corrected chi connectivity index (χ3v) is 1.97. The van der Waals surface area contributed by atoms with E-state index in [2.05, 4.69) is 15.4 Å². The molecule has 18 heavy (non-hydrogen) atoms. The summed E-state index contributed by atoms with van der Waals surface area (Å²) in [4.78, 5) is 11.4. The van der Waals surface area contributed by atoms with Gasteiger partial charge in [-0.05, 0) is 18.6 Å². The summed E-state index contributed by atoms with van der Waals surface area (Å²) in [6, 6.07) is 5.33. The van der Waals surface area contributed by atoms with Crippen molar-refractivity contribution in [3.63, 3.8) is 0 Å². The van der Waals surface area contributed by atoms with Gasteiger partial charge in [0.2, 0.25) is 0 Å². The maximum atomic E-state index is 12.1. The normalized spacial score (nSPS) is 10.2. The van der Waals surface area contributed by atoms with Crippen molar-refractivity contribution in [2.24, 2.45) is 0 Å². The van der Waals surface area contributed by atoms with Crippen molar-refractivity contribution in [2.75, 3.05) is 18.5 Å². The smallest absolute Gasteiger partial charge is 0.387 e. The lowest BCUT2D eigenvalue weighted by Gasteiger charge is -2.12. The number of benzene rings is 1. The standard InChI is InChI=1S/C11H14F2N2O3/c12-10(13)18-9-5-2-1-4-8(9)15-11(17)14-6-3-7-16/h1-2,4-5,10,16H,3,6-7H2,(H2,14,15,17). The van der Waals surface area contributed by atoms with Crippen LogP contribution in [0.25, 0.3) is 0 Å². The molecule has 0 saturated carbocycles. The molecule has 0 aliphatic rings. The van der Waals surface area contributed by atoms with Crippen LogP contribution in [0.3, 0.4) is 0 Å². The number of carbonyl (C=O) groups is 1. The van der Waals surface area contributed by atoms with Crippen LogP contribution in [-0.2, 0) is 0 Å². The van der Waals surface area contributed by atoms with Gasteiger partial charge in [0.05, 0.1) is 5.69 Å². The Bertz CT molecular complexity index is 388. The molecule has 7 heteroatoms. The Kier molecular flexibility index (Phi) is 5.86. The average Bonchev–Trinajstić information content (AvgIpc) is 2.31. The zero-order valence-corrected chi connectivity index (χ0v) is 9.53. The fraction of sp³-hybridized carbons (Fsp3) is 0.364. The number of alkyl halides is 2. The summed E-state index contributed by atoms with van der Waals surface area (Å²) in [6.07, 6.45) is 0.419. The van der Waals surface area contributed by atoms with Gasteiger partial charge in [0.15, 0.2) is 0 Å². The van der Waals surface area contributed by atoms with E-state index in [0.717, 1.165) is 0 Å². The second-order valence-corrected chi connectivity index (χ2v) is 3.33. The van der Waals surface area contributed by atoms with Gasteiger partial charge in [0, 0.05) is 13.2 Å². The molecule has 0 atom stereocenters. The van der Waals surface area contributed by atoms with Gasteiger partial charge in [-0.3, -0.25) is 0 Å². The number of aliphatic hydroxyl groups is 1. The summed E-state index contributed by atoms with van der Waals surface area (Å²) in [7, 11) is 0. The summed E-state index contributed by atoms with van der Waals surface area (Å²) in [5.41, 5.74) is 0.152. The van der Waals surface area contributed by atoms with Gasteiger partial charge in [-0.2, -0.15) is 8.78 Å². The predicted octanol–water partition coefficient (Wildman–Crippen LogP) is 1.79. The zero-order chi connectivity index (χ0) is 13.4. The molecule has 0 bridgehead atoms. The molecule has 1 rings (SSSR count). The minimum absolute atomic E-state index is 0.0363. The molecule has 0 spiro atoms. The van der Waals surface area contributed by atoms with E-state index >= 15 is 0 Å². The monoisotopic (exact) mass is 260 g/mol. The number of aliphatic hydroxyl groups excluding tert-OH is 1. The first kappa shape index (κ1) is 14.2. The molecule has 0 saturated heterocycles. The van der Waals surface area contributed by atoms with Crippen LogP contribution in [0.15, 0.2) is 24.3 Å². The number of para-hydroxylation sites is 2. The SMILES string of the molecule is O=C(NCCCO)Nc1ccccc1OC(F)F. The molecule has 2 amide bonds. The first-order valence-electron chi connectivity index (χ1n) is 5.33. The van der Waals surface area contributed by atoms with Crippen molar-refractivity contribution in [3.05, 3.63) is 24.3 Å². The van der Waals surface area contributed by atoms with E-state index in [1.165, 1.54) is 18.2 Å². The molecule has 0 heterocycles. The predicted molar refractivity (Wildman–Crippen MR) is 61.8 cm³/mol. The number of rotatable bonds is 6. The Balaban J connectivity index is 2.57. The van der Waals surface area contributed by atoms with Crippen LogP contribution in [0.5, 0.6) is 5.75 Å². The van der Waals surface area contributed by atoms with Crippen LogP contribution < -0.4 is 15.4 Å². The molecule has 0 fully saturated rings. The van der Waals surface area contributed by atoms with Crippen LogP contribution in [0.2, 0.25) is 0 Å². The molecule has 1 aromatic rings. The van der Waals surface area contributed by atoms with Gasteiger partial charge >= 0.3 is 12.6 Å². The van der Waals surface area contributed by atoms with Crippen LogP contribution in [0.4, 0.5) is 19.3 Å². The Hall–Kier alpha value is -1.89. The molecule has 0 radical (unpaired) electrons. The van der Waals surface area contributed by atoms with Crippen molar-refractivity contribution in [1.82, 2.24) is 5.32 Å². The Labute approximate surface area is 103 Å². The number of hydrogen-bond acceptors (Lipinski definition) is 3. The van der Waals surface area contributed by atoms with Gasteiger partial charge in [0.25, 0.3) is 0 Å². The minimum atomic E-state index is -2.95. The number of amides is 2. The molecule has 3 N–H and O–H groups in total. The third-order valence-electron chi connectivity index (χ3n) is 1.97. The molecular weight excluding hydrogens is 246 g/mol. The second kappa shape index (κ2) is 7.44. The zero-order valence-electron chi connectivity index (χ0n) is 9.53. The first-order valence-corrected chi connectivity index (χ1v) is 5.33. The van der Waals surface area contributed by atoms with E-state index in [9.17, 15) is 13.6 Å². The quantitative estimate of drug-likeness (QED) is 0.683. The van der Waals surface area contributed by atoms with Crippen molar-refractivity contribution < 1.29 is 23.4 Å². The summed E-state index contributed by atoms with van der Waals surface area (Å²) < 4.78 is 28.5. The highest BCUT2D eigenvalue weighted by molar-refractivity contribution is 5.90. The molecule has 0 aromatic heterocycles. The number of anilines is 1. The third kappa shape index (κ3) is 4.96. The van der Waals surface area contributed by atoms with Gasteiger partial charge in [-0.25, -0.2) is 4.79 Å². The molecule has 100 valence electrons. The van der Waals surface area contributed by atoms with Crippen LogP contribution >= 0.6 is 0 Å². The lowest BCUT2D eigenvalue weighted by Crippen LogP contribution is -2.30. The summed E-state index contributed by atoms with van der Waals surface area (Å²) in [5.74, 6) is -0.107. The summed E-state index contributed by atoms with van der Waals surface area (Å²) >= 11 is 0. The molecule has 5 nitrogen and oxygen atoms in total. The van der Waals surface area contributed by atoms with Crippen molar-refractivity contribution in [1.29, 1.82) is 0 Å². The van der Waals surface area contributed by atoms with Crippen LogP contribution in [0, 0.1) is 0 Å². The van der Waals surface area contributed by atoms with Crippen LogP contribution in [-0.4, -0.2) is 30.9 Å². The first-order chi connectivity index (χ1) is 8.63. The molecule has 1 aromatic carbocycles. The van der Waals surface area contributed by atoms with E-state index in [4.69, 9.17) is 5.11 Å². The highest BCUT2D eigenvalue weighted by Gasteiger charge is 2.10. The minimum Gasteiger partial charge on any atom is -0.433 e. The van der Waals surface area contributed by atoms with E-state index in [1.807, 2.05) is 0 Å². The molecule has 0 aliphatic carbocycles. The fourth-order valence-electron chi connectivity index (χ4n) is 1.22. The Morgan fingerprint density at radius 2 is 2.11 bits per heavy atom. The van der Waals surface area contributed by atoms with E-state index in [-0.39, 0.29) is 18.0 Å². The fourth-order valence-corrected chi connectivity index (χ4v) is 1.22. The lowest BCUT2D eigenvalue weighted by molar-refractivity contribution is -0.0493. The van der Waals surface area contributed by atoms with E-state index in [0.29, 0.717) is 13.0 Å². The molecule has 0 unspecified atom stereocenters. The van der Waals surface area contributed by atoms with Crippen molar-refractivity contribution in [3.8, 4) is 5.75 Å². The van der Waals surface area contributed by atoms with E-state index in [1.54, 1.807) is 6.07 Å². The number of nitrogens with one attached hydrogen (secondary N) is 2. The van der Waals surface area contributed by atoms with Gasteiger partial charge in [0.1, 0.15) is 5.75 Å². The highest BCUT2D eigenvalue weighted by atomic mass is 19.3. The maximum Gasteiger partial charge on any atom is 0.387 e. The molecular formula is C11H14F2N2O3. The number of urea groups is 1. The number of hydrogen-bond donors (Lipinski definition) is 3. The van der Waals surface area contributed by atoms with Crippen molar-refractivity contribution in [2.45, 2.75) is 13.0 Å². The number of ether oxygens (including phenoxy) is 1. The lowest BCUT2D eigenvalue weighted by atomic mass is 10.3. The highest BCUT2D eigenvalue weighted by Crippen LogP contribution is 2.25. The largest absolute Gasteiger partial charge is 0.433 e. The molecule has 0 aliphatic heterocycles.